The number of likely N-dealkylation sites (tertiary alicyclic amines) is 1. The van der Waals surface area contributed by atoms with E-state index in [0.717, 1.165) is 12.8 Å². The molecule has 4 nitrogen and oxygen atoms in total. The van der Waals surface area contributed by atoms with Gasteiger partial charge in [-0.3, -0.25) is 0 Å². The summed E-state index contributed by atoms with van der Waals surface area (Å²) in [5, 5.41) is 9.54. The smallest absolute Gasteiger partial charge is 0.326 e. The van der Waals surface area contributed by atoms with Gasteiger partial charge in [0.05, 0.1) is 12.8 Å². The molecule has 1 heterocycles. The molecule has 0 radical (unpaired) electrons. The molecular formula is C30H54NO3+. The lowest BCUT2D eigenvalue weighted by molar-refractivity contribution is -0.715. The maximum absolute atomic E-state index is 12.2. The average Bonchev–Trinajstić information content (AvgIpc) is 3.08. The highest BCUT2D eigenvalue weighted by molar-refractivity contribution is 5.92. The van der Waals surface area contributed by atoms with Crippen LogP contribution < -0.4 is 0 Å². The molecular weight excluding hydrogens is 422 g/mol. The number of amides is 2. The Kier molecular flexibility index (Phi) is 17.9. The lowest BCUT2D eigenvalue weighted by atomic mass is 10.0. The summed E-state index contributed by atoms with van der Waals surface area (Å²) in [5.74, 6) is -0.383. The number of nitrogens with zero attached hydrogens (tertiary/aromatic N) is 1. The van der Waals surface area contributed by atoms with Crippen LogP contribution in [-0.4, -0.2) is 27.9 Å². The van der Waals surface area contributed by atoms with Crippen LogP contribution in [0.3, 0.4) is 0 Å². The number of hydrogen-bond acceptors (Lipinski definition) is 3. The summed E-state index contributed by atoms with van der Waals surface area (Å²) >= 11 is 0. The van der Waals surface area contributed by atoms with Crippen LogP contribution >= 0.6 is 0 Å². The number of unbranched alkanes of at least 4 members (excludes halogenated alkanes) is 19. The molecule has 1 rings (SSSR count). The van der Waals surface area contributed by atoms with Gasteiger partial charge in [0.15, 0.2) is 6.54 Å². The van der Waals surface area contributed by atoms with E-state index >= 15 is 0 Å². The van der Waals surface area contributed by atoms with Crippen LogP contribution in [-0.2, 0) is 9.59 Å². The number of allylic oxidation sites excluding steroid dienone is 1. The fraction of sp³-hybridized carbons (Fsp3) is 0.800. The Hall–Kier alpha value is -1.42. The third-order valence-corrected chi connectivity index (χ3v) is 7.21. The van der Waals surface area contributed by atoms with Gasteiger partial charge in [-0.15, -0.1) is 0 Å². The Morgan fingerprint density at radius 2 is 1.06 bits per heavy atom. The van der Waals surface area contributed by atoms with Crippen LogP contribution in [0.25, 0.3) is 0 Å². The first-order valence-electron chi connectivity index (χ1n) is 14.5. The molecule has 0 aliphatic carbocycles. The summed E-state index contributed by atoms with van der Waals surface area (Å²) in [6, 6.07) is 0. The van der Waals surface area contributed by atoms with E-state index in [0.29, 0.717) is 0 Å². The normalized spacial score (nSPS) is 15.6. The lowest BCUT2D eigenvalue weighted by Crippen LogP contribution is -2.48. The topological polar surface area (TPSA) is 54.4 Å². The zero-order valence-corrected chi connectivity index (χ0v) is 22.3. The van der Waals surface area contributed by atoms with Crippen molar-refractivity contribution >= 4 is 11.8 Å². The molecule has 0 spiro atoms. The van der Waals surface area contributed by atoms with Gasteiger partial charge in [0.1, 0.15) is 12.0 Å². The van der Waals surface area contributed by atoms with Crippen molar-refractivity contribution in [3.8, 4) is 0 Å². The van der Waals surface area contributed by atoms with Crippen molar-refractivity contribution in [2.45, 2.75) is 148 Å². The van der Waals surface area contributed by atoms with E-state index in [-0.39, 0.29) is 41.4 Å². The summed E-state index contributed by atoms with van der Waals surface area (Å²) in [7, 11) is 0. The number of quaternary nitrogens is 1. The highest BCUT2D eigenvalue weighted by Crippen LogP contribution is 2.25. The number of rotatable bonds is 23. The Morgan fingerprint density at radius 3 is 1.41 bits per heavy atom. The van der Waals surface area contributed by atoms with Gasteiger partial charge in [0.25, 0.3) is 0 Å². The second-order valence-corrected chi connectivity index (χ2v) is 10.4. The SMILES string of the molecule is C=C(O)C[N+]1(C=CCCCCCCCCCCCCCCCCCCCCC)C(=O)CCC1=O. The van der Waals surface area contributed by atoms with Crippen molar-refractivity contribution in [1.82, 2.24) is 0 Å². The highest BCUT2D eigenvalue weighted by atomic mass is 16.3. The minimum Gasteiger partial charge on any atom is -0.507 e. The molecule has 0 saturated carbocycles. The molecule has 196 valence electrons. The molecule has 1 saturated heterocycles. The van der Waals surface area contributed by atoms with E-state index in [4.69, 9.17) is 0 Å². The minimum atomic E-state index is -0.380. The van der Waals surface area contributed by atoms with E-state index in [1.807, 2.05) is 6.08 Å². The predicted molar refractivity (Wildman–Crippen MR) is 143 cm³/mol. The summed E-state index contributed by atoms with van der Waals surface area (Å²) in [4.78, 5) is 24.5. The standard InChI is InChI=1S/C30H53NO3/c1-3-4-5-6-7-8-9-10-11-12-13-14-15-16-17-18-19-20-21-22-23-26-31(27-28(2)32)29(33)24-25-30(31)34/h23,26H,2-22,24-25,27H2,1H3/p+1. The average molecular weight is 477 g/mol. The predicted octanol–water partition coefficient (Wildman–Crippen LogP) is 9.06. The zero-order valence-electron chi connectivity index (χ0n) is 22.3. The first-order chi connectivity index (χ1) is 16.5. The van der Waals surface area contributed by atoms with Crippen molar-refractivity contribution in [3.63, 3.8) is 0 Å². The molecule has 34 heavy (non-hydrogen) atoms. The van der Waals surface area contributed by atoms with Crippen LogP contribution in [0, 0.1) is 0 Å². The molecule has 0 aromatic carbocycles. The molecule has 0 atom stereocenters. The first-order valence-corrected chi connectivity index (χ1v) is 14.5. The van der Waals surface area contributed by atoms with Gasteiger partial charge in [-0.2, -0.15) is 4.48 Å². The molecule has 1 fully saturated rings. The molecule has 0 bridgehead atoms. The molecule has 1 aliphatic rings. The number of carbonyl (C=O) groups is 2. The summed E-state index contributed by atoms with van der Waals surface area (Å²) in [6.45, 7) is 5.73. The second-order valence-electron chi connectivity index (χ2n) is 10.4. The van der Waals surface area contributed by atoms with Gasteiger partial charge in [-0.25, -0.2) is 9.59 Å². The van der Waals surface area contributed by atoms with E-state index in [2.05, 4.69) is 13.5 Å². The molecule has 4 heteroatoms. The molecule has 0 aromatic rings. The Balaban J connectivity index is 1.89. The van der Waals surface area contributed by atoms with Gasteiger partial charge in [-0.1, -0.05) is 129 Å². The molecule has 1 N–H and O–H groups in total. The van der Waals surface area contributed by atoms with Gasteiger partial charge < -0.3 is 5.11 Å². The fourth-order valence-electron chi connectivity index (χ4n) is 5.03. The molecule has 2 amide bonds. The van der Waals surface area contributed by atoms with Crippen LogP contribution in [0.4, 0.5) is 0 Å². The first kappa shape index (κ1) is 30.6. The summed E-state index contributed by atoms with van der Waals surface area (Å²) < 4.78 is -0.380. The van der Waals surface area contributed by atoms with E-state index < -0.39 is 0 Å². The molecule has 0 aromatic heterocycles. The van der Waals surface area contributed by atoms with Crippen LogP contribution in [0.2, 0.25) is 0 Å². The quantitative estimate of drug-likeness (QED) is 0.0692. The highest BCUT2D eigenvalue weighted by Gasteiger charge is 2.48. The molecule has 0 unspecified atom stereocenters. The maximum Gasteiger partial charge on any atom is 0.326 e. The van der Waals surface area contributed by atoms with E-state index in [1.165, 1.54) is 116 Å². The van der Waals surface area contributed by atoms with Gasteiger partial charge >= 0.3 is 11.8 Å². The van der Waals surface area contributed by atoms with Gasteiger partial charge in [0.2, 0.25) is 0 Å². The number of hydrogen-bond donors (Lipinski definition) is 1. The van der Waals surface area contributed by atoms with Crippen LogP contribution in [0.15, 0.2) is 24.6 Å². The van der Waals surface area contributed by atoms with Crippen molar-refractivity contribution in [2.24, 2.45) is 0 Å². The largest absolute Gasteiger partial charge is 0.507 e. The summed E-state index contributed by atoms with van der Waals surface area (Å²) in [6.07, 6.45) is 31.0. The Morgan fingerprint density at radius 1 is 0.706 bits per heavy atom. The lowest BCUT2D eigenvalue weighted by Gasteiger charge is -2.23. The van der Waals surface area contributed by atoms with E-state index in [1.54, 1.807) is 6.20 Å². The third kappa shape index (κ3) is 13.5. The van der Waals surface area contributed by atoms with Crippen LogP contribution in [0.5, 0.6) is 0 Å². The number of aliphatic hydroxyl groups excluding tert-OH is 1. The van der Waals surface area contributed by atoms with Crippen molar-refractivity contribution < 1.29 is 19.2 Å². The van der Waals surface area contributed by atoms with Gasteiger partial charge in [0, 0.05) is 0 Å². The monoisotopic (exact) mass is 476 g/mol. The van der Waals surface area contributed by atoms with Crippen molar-refractivity contribution in [3.05, 3.63) is 24.6 Å². The summed E-state index contributed by atoms with van der Waals surface area (Å²) in [5.41, 5.74) is 0. The third-order valence-electron chi connectivity index (χ3n) is 7.21. The van der Waals surface area contributed by atoms with E-state index in [9.17, 15) is 14.7 Å². The fourth-order valence-corrected chi connectivity index (χ4v) is 5.03. The maximum atomic E-state index is 12.2. The van der Waals surface area contributed by atoms with Crippen molar-refractivity contribution in [1.29, 1.82) is 0 Å². The number of carbonyl (C=O) groups excluding carboxylic acids is 2. The Bertz CT molecular complexity index is 580. The number of aliphatic hydroxyl groups is 1. The van der Waals surface area contributed by atoms with Gasteiger partial charge in [-0.05, 0) is 18.9 Å². The van der Waals surface area contributed by atoms with Crippen LogP contribution in [0.1, 0.15) is 148 Å². The number of imide groups is 1. The zero-order chi connectivity index (χ0) is 24.9. The minimum absolute atomic E-state index is 0.0205. The molecule has 1 aliphatic heterocycles. The van der Waals surface area contributed by atoms with Crippen molar-refractivity contribution in [2.75, 3.05) is 6.54 Å². The Labute approximate surface area is 210 Å². The second kappa shape index (κ2) is 19.8.